The summed E-state index contributed by atoms with van der Waals surface area (Å²) >= 11 is 0. The Morgan fingerprint density at radius 1 is 1.50 bits per heavy atom. The van der Waals surface area contributed by atoms with Crippen LogP contribution in [0.15, 0.2) is 0 Å². The van der Waals surface area contributed by atoms with Crippen LogP contribution in [-0.2, 0) is 14.9 Å². The van der Waals surface area contributed by atoms with Crippen LogP contribution in [0.3, 0.4) is 0 Å². The van der Waals surface area contributed by atoms with Gasteiger partial charge in [-0.2, -0.15) is 17.4 Å². The molecule has 0 spiro atoms. The first-order chi connectivity index (χ1) is 8.58. The van der Waals surface area contributed by atoms with Crippen molar-refractivity contribution in [2.75, 3.05) is 39.3 Å². The maximum Gasteiger partial charge on any atom is 0.279 e. The van der Waals surface area contributed by atoms with Gasteiger partial charge in [0.15, 0.2) is 0 Å². The molecule has 0 radical (unpaired) electrons. The summed E-state index contributed by atoms with van der Waals surface area (Å²) in [6.45, 7) is 5.89. The second kappa shape index (κ2) is 6.29. The number of piperidine rings is 1. The van der Waals surface area contributed by atoms with Gasteiger partial charge in [0.1, 0.15) is 0 Å². The molecule has 2 N–H and O–H groups in total. The zero-order valence-electron chi connectivity index (χ0n) is 10.9. The predicted octanol–water partition coefficient (Wildman–Crippen LogP) is -0.459. The van der Waals surface area contributed by atoms with Crippen molar-refractivity contribution < 1.29 is 13.2 Å². The molecule has 6 nitrogen and oxygen atoms in total. The number of nitrogens with zero attached hydrogens (tertiary/aromatic N) is 1. The van der Waals surface area contributed by atoms with E-state index in [-0.39, 0.29) is 6.10 Å². The number of rotatable bonds is 4. The van der Waals surface area contributed by atoms with E-state index in [0.717, 1.165) is 19.4 Å². The molecule has 0 aromatic carbocycles. The summed E-state index contributed by atoms with van der Waals surface area (Å²) in [5.41, 5.74) is 0. The zero-order chi connectivity index (χ0) is 13.0. The standard InChI is InChI=1S/C11H23N3O3S/c1-10-3-2-5-14(9-10)18(15,16)13-8-11-7-12-4-6-17-11/h10-13H,2-9H2,1H3. The van der Waals surface area contributed by atoms with E-state index in [2.05, 4.69) is 17.0 Å². The fourth-order valence-electron chi connectivity index (χ4n) is 2.40. The summed E-state index contributed by atoms with van der Waals surface area (Å²) in [6, 6.07) is 0. The lowest BCUT2D eigenvalue weighted by Gasteiger charge is -2.31. The van der Waals surface area contributed by atoms with Gasteiger partial charge in [-0.3, -0.25) is 0 Å². The SMILES string of the molecule is CC1CCCN(S(=O)(=O)NCC2CNCCO2)C1. The molecule has 106 valence electrons. The maximum absolute atomic E-state index is 12.1. The minimum atomic E-state index is -3.34. The second-order valence-electron chi connectivity index (χ2n) is 5.16. The lowest BCUT2D eigenvalue weighted by molar-refractivity contribution is 0.0321. The van der Waals surface area contributed by atoms with Gasteiger partial charge < -0.3 is 10.1 Å². The molecule has 2 fully saturated rings. The van der Waals surface area contributed by atoms with Crippen molar-refractivity contribution in [2.24, 2.45) is 5.92 Å². The van der Waals surface area contributed by atoms with Crippen molar-refractivity contribution in [1.29, 1.82) is 0 Å². The van der Waals surface area contributed by atoms with E-state index in [1.165, 1.54) is 0 Å². The molecule has 2 unspecified atom stereocenters. The van der Waals surface area contributed by atoms with Crippen molar-refractivity contribution in [3.8, 4) is 0 Å². The topological polar surface area (TPSA) is 70.7 Å². The number of ether oxygens (including phenoxy) is 1. The maximum atomic E-state index is 12.1. The summed E-state index contributed by atoms with van der Waals surface area (Å²) in [5, 5.41) is 3.18. The minimum Gasteiger partial charge on any atom is -0.374 e. The Labute approximate surface area is 109 Å². The van der Waals surface area contributed by atoms with Crippen LogP contribution in [0.4, 0.5) is 0 Å². The smallest absolute Gasteiger partial charge is 0.279 e. The van der Waals surface area contributed by atoms with Crippen LogP contribution in [-0.4, -0.2) is 58.2 Å². The molecule has 0 aromatic heterocycles. The van der Waals surface area contributed by atoms with Gasteiger partial charge in [-0.25, -0.2) is 0 Å². The van der Waals surface area contributed by atoms with Gasteiger partial charge in [-0.1, -0.05) is 6.92 Å². The summed E-state index contributed by atoms with van der Waals surface area (Å²) in [7, 11) is -3.34. The van der Waals surface area contributed by atoms with Gasteiger partial charge in [0.2, 0.25) is 0 Å². The Bertz CT molecular complexity index is 355. The number of hydrogen-bond acceptors (Lipinski definition) is 4. The van der Waals surface area contributed by atoms with Gasteiger partial charge in [-0.05, 0) is 18.8 Å². The largest absolute Gasteiger partial charge is 0.374 e. The highest BCUT2D eigenvalue weighted by Crippen LogP contribution is 2.17. The fraction of sp³-hybridized carbons (Fsp3) is 1.00. The molecular weight excluding hydrogens is 254 g/mol. The second-order valence-corrected chi connectivity index (χ2v) is 6.91. The summed E-state index contributed by atoms with van der Waals surface area (Å²) < 4.78 is 33.9. The van der Waals surface area contributed by atoms with Crippen LogP contribution in [0.5, 0.6) is 0 Å². The molecule has 2 aliphatic rings. The third-order valence-electron chi connectivity index (χ3n) is 3.46. The summed E-state index contributed by atoms with van der Waals surface area (Å²) in [4.78, 5) is 0. The first kappa shape index (κ1) is 14.2. The van der Waals surface area contributed by atoms with Crippen LogP contribution >= 0.6 is 0 Å². The molecule has 2 aliphatic heterocycles. The van der Waals surface area contributed by atoms with Gasteiger partial charge >= 0.3 is 0 Å². The van der Waals surface area contributed by atoms with Crippen LogP contribution in [0.25, 0.3) is 0 Å². The van der Waals surface area contributed by atoms with E-state index in [9.17, 15) is 8.42 Å². The molecular formula is C11H23N3O3S. The van der Waals surface area contributed by atoms with Crippen molar-refractivity contribution in [3.63, 3.8) is 0 Å². The molecule has 0 aromatic rings. The molecule has 2 atom stereocenters. The Hall–Kier alpha value is -0.210. The third kappa shape index (κ3) is 3.89. The molecule has 0 saturated carbocycles. The molecule has 2 rings (SSSR count). The molecule has 0 aliphatic carbocycles. The average molecular weight is 277 g/mol. The van der Waals surface area contributed by atoms with E-state index in [0.29, 0.717) is 38.7 Å². The number of nitrogens with one attached hydrogen (secondary N) is 2. The van der Waals surface area contributed by atoms with E-state index < -0.39 is 10.2 Å². The third-order valence-corrected chi connectivity index (χ3v) is 5.00. The van der Waals surface area contributed by atoms with Gasteiger partial charge in [0.05, 0.1) is 12.7 Å². The van der Waals surface area contributed by atoms with Gasteiger partial charge in [-0.15, -0.1) is 0 Å². The lowest BCUT2D eigenvalue weighted by Crippen LogP contribution is -2.50. The first-order valence-electron chi connectivity index (χ1n) is 6.65. The van der Waals surface area contributed by atoms with E-state index in [4.69, 9.17) is 4.74 Å². The molecule has 18 heavy (non-hydrogen) atoms. The molecule has 0 bridgehead atoms. The van der Waals surface area contributed by atoms with E-state index in [1.807, 2.05) is 0 Å². The first-order valence-corrected chi connectivity index (χ1v) is 8.09. The molecule has 7 heteroatoms. The minimum absolute atomic E-state index is 0.0595. The van der Waals surface area contributed by atoms with Gasteiger partial charge in [0, 0.05) is 32.7 Å². The van der Waals surface area contributed by atoms with Crippen molar-refractivity contribution in [2.45, 2.75) is 25.9 Å². The Kier molecular flexibility index (Phi) is 4.97. The Balaban J connectivity index is 1.82. The highest BCUT2D eigenvalue weighted by molar-refractivity contribution is 7.87. The molecule has 2 heterocycles. The Morgan fingerprint density at radius 2 is 2.33 bits per heavy atom. The van der Waals surface area contributed by atoms with E-state index in [1.54, 1.807) is 4.31 Å². The van der Waals surface area contributed by atoms with Crippen molar-refractivity contribution >= 4 is 10.2 Å². The highest BCUT2D eigenvalue weighted by atomic mass is 32.2. The zero-order valence-corrected chi connectivity index (χ0v) is 11.7. The fourth-order valence-corrected chi connectivity index (χ4v) is 3.80. The number of morpholine rings is 1. The lowest BCUT2D eigenvalue weighted by atomic mass is 10.0. The van der Waals surface area contributed by atoms with Crippen LogP contribution in [0.2, 0.25) is 0 Å². The average Bonchev–Trinajstić information content (AvgIpc) is 2.38. The van der Waals surface area contributed by atoms with Crippen molar-refractivity contribution in [3.05, 3.63) is 0 Å². The van der Waals surface area contributed by atoms with Crippen LogP contribution < -0.4 is 10.0 Å². The van der Waals surface area contributed by atoms with E-state index >= 15 is 0 Å². The quantitative estimate of drug-likeness (QED) is 0.729. The monoisotopic (exact) mass is 277 g/mol. The summed E-state index contributed by atoms with van der Waals surface area (Å²) in [5.74, 6) is 0.447. The number of hydrogen-bond donors (Lipinski definition) is 2. The van der Waals surface area contributed by atoms with Gasteiger partial charge in [0.25, 0.3) is 10.2 Å². The normalized spacial score (nSPS) is 31.4. The Morgan fingerprint density at radius 3 is 3.00 bits per heavy atom. The predicted molar refractivity (Wildman–Crippen MR) is 69.5 cm³/mol. The van der Waals surface area contributed by atoms with Crippen LogP contribution in [0.1, 0.15) is 19.8 Å². The van der Waals surface area contributed by atoms with Crippen LogP contribution in [0, 0.1) is 5.92 Å². The van der Waals surface area contributed by atoms with Crippen molar-refractivity contribution in [1.82, 2.24) is 14.3 Å². The molecule has 2 saturated heterocycles. The highest BCUT2D eigenvalue weighted by Gasteiger charge is 2.27. The molecule has 0 amide bonds. The summed E-state index contributed by atoms with van der Waals surface area (Å²) in [6.07, 6.45) is 2.00.